The molecule has 0 saturated heterocycles. The first-order valence-corrected chi connectivity index (χ1v) is 11.9. The van der Waals surface area contributed by atoms with E-state index in [4.69, 9.17) is 37.4 Å². The molecule has 0 amide bonds. The molecule has 0 unspecified atom stereocenters. The van der Waals surface area contributed by atoms with E-state index in [1.807, 2.05) is 43.3 Å². The summed E-state index contributed by atoms with van der Waals surface area (Å²) in [6.45, 7) is 2.79. The number of hydrogen-bond donors (Lipinski definition) is 0. The zero-order valence-electron chi connectivity index (χ0n) is 17.5. The van der Waals surface area contributed by atoms with E-state index in [2.05, 4.69) is 27.6 Å². The normalized spacial score (nSPS) is 14.2. The lowest BCUT2D eigenvalue weighted by Crippen LogP contribution is -2.05. The van der Waals surface area contributed by atoms with Gasteiger partial charge in [-0.2, -0.15) is 0 Å². The van der Waals surface area contributed by atoms with Gasteiger partial charge in [-0.15, -0.1) is 0 Å². The molecule has 3 aromatic carbocycles. The molecule has 1 aliphatic rings. The molecule has 4 rings (SSSR count). The third-order valence-corrected chi connectivity index (χ3v) is 6.12. The van der Waals surface area contributed by atoms with Crippen LogP contribution >= 0.6 is 45.8 Å². The maximum atomic E-state index is 12.4. The van der Waals surface area contributed by atoms with Gasteiger partial charge >= 0.3 is 5.97 Å². The molecule has 0 atom stereocenters. The second kappa shape index (κ2) is 10.6. The first-order valence-electron chi connectivity index (χ1n) is 10.0. The van der Waals surface area contributed by atoms with Crippen molar-refractivity contribution in [1.29, 1.82) is 0 Å². The smallest absolute Gasteiger partial charge is 0.363 e. The number of cyclic esters (lactones) is 1. The monoisotopic (exact) mass is 593 g/mol. The van der Waals surface area contributed by atoms with Crippen LogP contribution in [-0.2, 0) is 16.1 Å². The minimum atomic E-state index is -0.548. The summed E-state index contributed by atoms with van der Waals surface area (Å²) < 4.78 is 18.2. The van der Waals surface area contributed by atoms with Gasteiger partial charge in [-0.1, -0.05) is 41.4 Å². The Labute approximate surface area is 215 Å². The SMILES string of the molecule is CCOc1cc(/C=C2\N=C(c3ccc(Cl)c(Cl)c3)OC2=O)ccc1OCc1ccc(I)cc1. The van der Waals surface area contributed by atoms with E-state index in [0.29, 0.717) is 40.3 Å². The van der Waals surface area contributed by atoms with Crippen molar-refractivity contribution in [1.82, 2.24) is 0 Å². The highest BCUT2D eigenvalue weighted by Gasteiger charge is 2.24. The van der Waals surface area contributed by atoms with E-state index < -0.39 is 5.97 Å². The van der Waals surface area contributed by atoms with Gasteiger partial charge in [-0.3, -0.25) is 0 Å². The van der Waals surface area contributed by atoms with Gasteiger partial charge in [-0.25, -0.2) is 9.79 Å². The fourth-order valence-corrected chi connectivity index (χ4v) is 3.72. The molecule has 0 radical (unpaired) electrons. The van der Waals surface area contributed by atoms with E-state index in [1.165, 1.54) is 3.57 Å². The zero-order chi connectivity index (χ0) is 23.4. The Morgan fingerprint density at radius 3 is 2.48 bits per heavy atom. The van der Waals surface area contributed by atoms with Crippen molar-refractivity contribution in [2.24, 2.45) is 4.99 Å². The molecule has 0 saturated carbocycles. The largest absolute Gasteiger partial charge is 0.490 e. The fourth-order valence-electron chi connectivity index (χ4n) is 3.06. The standard InChI is InChI=1S/C25H18Cl2INO4/c1-2-31-23-12-16(5-10-22(23)32-14-15-3-7-18(28)8-4-15)11-21-25(30)33-24(29-21)17-6-9-19(26)20(27)13-17/h3-13H,2,14H2,1H3/b21-11-. The number of rotatable bonds is 7. The predicted octanol–water partition coefficient (Wildman–Crippen LogP) is 6.92. The Bertz CT molecular complexity index is 1260. The number of carbonyl (C=O) groups excluding carboxylic acids is 1. The number of benzene rings is 3. The van der Waals surface area contributed by atoms with Gasteiger partial charge in [0.25, 0.3) is 0 Å². The molecule has 5 nitrogen and oxygen atoms in total. The van der Waals surface area contributed by atoms with Gasteiger partial charge in [0.05, 0.1) is 16.7 Å². The first kappa shape index (κ1) is 23.6. The summed E-state index contributed by atoms with van der Waals surface area (Å²) in [4.78, 5) is 16.7. The summed E-state index contributed by atoms with van der Waals surface area (Å²) in [6, 6.07) is 18.5. The maximum absolute atomic E-state index is 12.4. The van der Waals surface area contributed by atoms with Crippen LogP contribution in [-0.4, -0.2) is 18.5 Å². The van der Waals surface area contributed by atoms with Crippen LogP contribution in [0.3, 0.4) is 0 Å². The van der Waals surface area contributed by atoms with Crippen LogP contribution in [0.1, 0.15) is 23.6 Å². The maximum Gasteiger partial charge on any atom is 0.363 e. The van der Waals surface area contributed by atoms with Crippen LogP contribution in [0.25, 0.3) is 6.08 Å². The summed E-state index contributed by atoms with van der Waals surface area (Å²) in [5, 5.41) is 0.765. The number of hydrogen-bond acceptors (Lipinski definition) is 5. The van der Waals surface area contributed by atoms with Crippen molar-refractivity contribution in [3.05, 3.63) is 96.7 Å². The van der Waals surface area contributed by atoms with Gasteiger partial charge in [0.1, 0.15) is 6.61 Å². The van der Waals surface area contributed by atoms with Gasteiger partial charge < -0.3 is 14.2 Å². The lowest BCUT2D eigenvalue weighted by molar-refractivity contribution is -0.129. The highest BCUT2D eigenvalue weighted by molar-refractivity contribution is 14.1. The minimum Gasteiger partial charge on any atom is -0.490 e. The highest BCUT2D eigenvalue weighted by atomic mass is 127. The molecular weight excluding hydrogens is 576 g/mol. The second-order valence-electron chi connectivity index (χ2n) is 7.02. The third kappa shape index (κ3) is 5.88. The number of carbonyl (C=O) groups is 1. The van der Waals surface area contributed by atoms with E-state index in [0.717, 1.165) is 11.1 Å². The van der Waals surface area contributed by atoms with Crippen molar-refractivity contribution in [2.45, 2.75) is 13.5 Å². The molecule has 0 fully saturated rings. The Balaban J connectivity index is 1.56. The van der Waals surface area contributed by atoms with E-state index in [1.54, 1.807) is 30.3 Å². The average Bonchev–Trinajstić information content (AvgIpc) is 3.16. The fraction of sp³-hybridized carbons (Fsp3) is 0.120. The quantitative estimate of drug-likeness (QED) is 0.169. The minimum absolute atomic E-state index is 0.172. The first-order chi connectivity index (χ1) is 15.9. The molecule has 0 aliphatic carbocycles. The van der Waals surface area contributed by atoms with E-state index in [-0.39, 0.29) is 11.6 Å². The van der Waals surface area contributed by atoms with Gasteiger partial charge in [0, 0.05) is 9.13 Å². The van der Waals surface area contributed by atoms with Crippen molar-refractivity contribution in [3.8, 4) is 11.5 Å². The molecule has 8 heteroatoms. The van der Waals surface area contributed by atoms with Crippen LogP contribution in [0.4, 0.5) is 0 Å². The number of ether oxygens (including phenoxy) is 3. The predicted molar refractivity (Wildman–Crippen MR) is 138 cm³/mol. The lowest BCUT2D eigenvalue weighted by atomic mass is 10.1. The molecule has 168 valence electrons. The van der Waals surface area contributed by atoms with Crippen LogP contribution in [0, 0.1) is 3.57 Å². The highest BCUT2D eigenvalue weighted by Crippen LogP contribution is 2.31. The van der Waals surface area contributed by atoms with E-state index >= 15 is 0 Å². The Hall–Kier alpha value is -2.55. The summed E-state index contributed by atoms with van der Waals surface area (Å²) in [5.74, 6) is 0.823. The Morgan fingerprint density at radius 2 is 1.76 bits per heavy atom. The molecule has 1 aliphatic heterocycles. The lowest BCUT2D eigenvalue weighted by Gasteiger charge is -2.13. The molecule has 3 aromatic rings. The molecule has 33 heavy (non-hydrogen) atoms. The molecule has 0 bridgehead atoms. The van der Waals surface area contributed by atoms with Gasteiger partial charge in [0.15, 0.2) is 17.2 Å². The topological polar surface area (TPSA) is 57.1 Å². The molecule has 0 N–H and O–H groups in total. The molecule has 1 heterocycles. The summed E-state index contributed by atoms with van der Waals surface area (Å²) in [5.41, 5.74) is 2.52. The van der Waals surface area contributed by atoms with Crippen LogP contribution < -0.4 is 9.47 Å². The summed E-state index contributed by atoms with van der Waals surface area (Å²) in [7, 11) is 0. The zero-order valence-corrected chi connectivity index (χ0v) is 21.1. The van der Waals surface area contributed by atoms with Crippen molar-refractivity contribution < 1.29 is 19.0 Å². The number of nitrogens with zero attached hydrogens (tertiary/aromatic N) is 1. The van der Waals surface area contributed by atoms with Crippen molar-refractivity contribution >= 4 is 63.7 Å². The van der Waals surface area contributed by atoms with E-state index in [9.17, 15) is 4.79 Å². The van der Waals surface area contributed by atoms with Crippen molar-refractivity contribution in [2.75, 3.05) is 6.61 Å². The summed E-state index contributed by atoms with van der Waals surface area (Å²) >= 11 is 14.3. The van der Waals surface area contributed by atoms with Crippen LogP contribution in [0.5, 0.6) is 11.5 Å². The molecule has 0 spiro atoms. The average molecular weight is 594 g/mol. The number of aliphatic imine (C=N–C) groups is 1. The third-order valence-electron chi connectivity index (χ3n) is 4.67. The second-order valence-corrected chi connectivity index (χ2v) is 9.08. The Kier molecular flexibility index (Phi) is 7.57. The van der Waals surface area contributed by atoms with Gasteiger partial charge in [0.2, 0.25) is 5.90 Å². The molecular formula is C25H18Cl2INO4. The molecule has 0 aromatic heterocycles. The number of esters is 1. The van der Waals surface area contributed by atoms with Crippen LogP contribution in [0.2, 0.25) is 10.0 Å². The van der Waals surface area contributed by atoms with Crippen LogP contribution in [0.15, 0.2) is 71.4 Å². The van der Waals surface area contributed by atoms with Crippen molar-refractivity contribution in [3.63, 3.8) is 0 Å². The Morgan fingerprint density at radius 1 is 0.970 bits per heavy atom. The summed E-state index contributed by atoms with van der Waals surface area (Å²) in [6.07, 6.45) is 1.64. The van der Waals surface area contributed by atoms with Gasteiger partial charge in [-0.05, 0) is 89.2 Å². The number of halogens is 3.